The number of hydrogen-bond acceptors (Lipinski definition) is 0. The van der Waals surface area contributed by atoms with Gasteiger partial charge in [0.2, 0.25) is 0 Å². The van der Waals surface area contributed by atoms with E-state index in [2.05, 4.69) is 6.92 Å². The summed E-state index contributed by atoms with van der Waals surface area (Å²) in [6.07, 6.45) is 9.38. The molecule has 0 nitrogen and oxygen atoms in total. The van der Waals surface area contributed by atoms with Gasteiger partial charge in [0, 0.05) is 0 Å². The third-order valence-corrected chi connectivity index (χ3v) is 5.06. The summed E-state index contributed by atoms with van der Waals surface area (Å²) in [6, 6.07) is 0. The van der Waals surface area contributed by atoms with E-state index in [1.54, 1.807) is 32.1 Å². The molecule has 0 aromatic carbocycles. The quantitative estimate of drug-likeness (QED) is 0.497. The average molecular weight is 150 g/mol. The van der Waals surface area contributed by atoms with Crippen molar-refractivity contribution in [2.75, 3.05) is 0 Å². The molecule has 3 aliphatic carbocycles. The predicted octanol–water partition coefficient (Wildman–Crippen LogP) is 3.22. The molecule has 0 spiro atoms. The summed E-state index contributed by atoms with van der Waals surface area (Å²) in [5.74, 6) is 3.46. The summed E-state index contributed by atoms with van der Waals surface area (Å²) in [6.45, 7) is 2.57. The summed E-state index contributed by atoms with van der Waals surface area (Å²) in [7, 11) is 0. The van der Waals surface area contributed by atoms with Crippen LogP contribution in [-0.2, 0) is 0 Å². The standard InChI is InChI=1S/C11H18/c1-11-6-5-9(11)7-8-3-2-4-10(8)11/h8-10H,2-7H2,1H3/t8-,9+,10-,11+/m0/s1. The number of fused-ring (bicyclic) bond motifs is 3. The molecular formula is C11H18. The van der Waals surface area contributed by atoms with Crippen molar-refractivity contribution in [3.05, 3.63) is 0 Å². The van der Waals surface area contributed by atoms with Crippen LogP contribution in [0.3, 0.4) is 0 Å². The van der Waals surface area contributed by atoms with Gasteiger partial charge < -0.3 is 0 Å². The highest BCUT2D eigenvalue weighted by Gasteiger charge is 2.57. The molecule has 0 radical (unpaired) electrons. The van der Waals surface area contributed by atoms with Crippen LogP contribution in [0.4, 0.5) is 0 Å². The van der Waals surface area contributed by atoms with Gasteiger partial charge in [-0.1, -0.05) is 19.8 Å². The first-order chi connectivity index (χ1) is 5.31. The topological polar surface area (TPSA) is 0 Å². The molecule has 0 N–H and O–H groups in total. The lowest BCUT2D eigenvalue weighted by molar-refractivity contribution is 0.0384. The fraction of sp³-hybridized carbons (Fsp3) is 1.00. The molecule has 0 saturated heterocycles. The smallest absolute Gasteiger partial charge is 0.0266 e. The van der Waals surface area contributed by atoms with Crippen LogP contribution in [0.1, 0.15) is 45.4 Å². The molecule has 11 heavy (non-hydrogen) atoms. The molecule has 4 atom stereocenters. The van der Waals surface area contributed by atoms with Crippen molar-refractivity contribution < 1.29 is 0 Å². The van der Waals surface area contributed by atoms with E-state index in [9.17, 15) is 0 Å². The van der Waals surface area contributed by atoms with E-state index in [0.717, 1.165) is 23.2 Å². The lowest BCUT2D eigenvalue weighted by atomic mass is 9.59. The summed E-state index contributed by atoms with van der Waals surface area (Å²) >= 11 is 0. The first-order valence-electron chi connectivity index (χ1n) is 5.31. The fourth-order valence-electron chi connectivity index (χ4n) is 4.23. The van der Waals surface area contributed by atoms with E-state index >= 15 is 0 Å². The van der Waals surface area contributed by atoms with Gasteiger partial charge in [0.05, 0.1) is 0 Å². The normalized spacial score (nSPS) is 60.3. The van der Waals surface area contributed by atoms with Gasteiger partial charge in [-0.25, -0.2) is 0 Å². The van der Waals surface area contributed by atoms with Gasteiger partial charge in [0.25, 0.3) is 0 Å². The molecule has 0 heteroatoms. The molecule has 0 unspecified atom stereocenters. The summed E-state index contributed by atoms with van der Waals surface area (Å²) < 4.78 is 0. The van der Waals surface area contributed by atoms with Gasteiger partial charge in [0.1, 0.15) is 0 Å². The molecule has 3 aliphatic rings. The summed E-state index contributed by atoms with van der Waals surface area (Å²) in [5, 5.41) is 0. The monoisotopic (exact) mass is 150 g/mol. The zero-order chi connectivity index (χ0) is 7.47. The minimum atomic E-state index is 0.834. The van der Waals surface area contributed by atoms with E-state index in [1.165, 1.54) is 6.42 Å². The van der Waals surface area contributed by atoms with E-state index in [1.807, 2.05) is 0 Å². The highest BCUT2D eigenvalue weighted by molar-refractivity contribution is 5.07. The molecule has 0 bridgehead atoms. The molecule has 0 aromatic rings. The Morgan fingerprint density at radius 1 is 1.18 bits per heavy atom. The van der Waals surface area contributed by atoms with Crippen LogP contribution in [0.2, 0.25) is 0 Å². The van der Waals surface area contributed by atoms with Crippen molar-refractivity contribution in [3.63, 3.8) is 0 Å². The SMILES string of the molecule is C[C@@]12CC[C@@H]1C[C@@H]1CCC[C@@H]12. The van der Waals surface area contributed by atoms with Crippen molar-refractivity contribution in [3.8, 4) is 0 Å². The van der Waals surface area contributed by atoms with Gasteiger partial charge >= 0.3 is 0 Å². The first kappa shape index (κ1) is 6.51. The van der Waals surface area contributed by atoms with Crippen LogP contribution < -0.4 is 0 Å². The Morgan fingerprint density at radius 3 is 2.82 bits per heavy atom. The zero-order valence-corrected chi connectivity index (χ0v) is 7.47. The van der Waals surface area contributed by atoms with E-state index in [-0.39, 0.29) is 0 Å². The van der Waals surface area contributed by atoms with Crippen LogP contribution in [0.25, 0.3) is 0 Å². The maximum atomic E-state index is 2.57. The minimum Gasteiger partial charge on any atom is -0.0591 e. The van der Waals surface area contributed by atoms with E-state index in [0.29, 0.717) is 0 Å². The van der Waals surface area contributed by atoms with Crippen LogP contribution >= 0.6 is 0 Å². The second-order valence-corrected chi connectivity index (χ2v) is 5.27. The van der Waals surface area contributed by atoms with Gasteiger partial charge in [-0.3, -0.25) is 0 Å². The lowest BCUT2D eigenvalue weighted by Crippen LogP contribution is -2.37. The van der Waals surface area contributed by atoms with E-state index < -0.39 is 0 Å². The Morgan fingerprint density at radius 2 is 2.09 bits per heavy atom. The van der Waals surface area contributed by atoms with Crippen molar-refractivity contribution in [2.24, 2.45) is 23.2 Å². The Kier molecular flexibility index (Phi) is 1.09. The highest BCUT2D eigenvalue weighted by atomic mass is 14.6. The Balaban J connectivity index is 1.92. The Bertz CT molecular complexity index is 184. The van der Waals surface area contributed by atoms with Crippen LogP contribution in [0.5, 0.6) is 0 Å². The molecule has 0 aromatic heterocycles. The molecule has 3 saturated carbocycles. The second kappa shape index (κ2) is 1.84. The minimum absolute atomic E-state index is 0.834. The van der Waals surface area contributed by atoms with Gasteiger partial charge in [-0.15, -0.1) is 0 Å². The maximum Gasteiger partial charge on any atom is -0.0266 e. The number of hydrogen-bond donors (Lipinski definition) is 0. The lowest BCUT2D eigenvalue weighted by Gasteiger charge is -2.46. The molecule has 62 valence electrons. The van der Waals surface area contributed by atoms with Gasteiger partial charge in [-0.05, 0) is 48.9 Å². The van der Waals surface area contributed by atoms with Crippen molar-refractivity contribution in [1.29, 1.82) is 0 Å². The summed E-state index contributed by atoms with van der Waals surface area (Å²) in [5.41, 5.74) is 0.834. The van der Waals surface area contributed by atoms with Crippen LogP contribution in [0, 0.1) is 23.2 Å². The highest BCUT2D eigenvalue weighted by Crippen LogP contribution is 2.66. The predicted molar refractivity (Wildman–Crippen MR) is 46.3 cm³/mol. The second-order valence-electron chi connectivity index (χ2n) is 5.27. The Labute approximate surface area is 69.4 Å². The number of rotatable bonds is 0. The van der Waals surface area contributed by atoms with Crippen LogP contribution in [0.15, 0.2) is 0 Å². The molecule has 3 rings (SSSR count). The first-order valence-corrected chi connectivity index (χ1v) is 5.31. The molecule has 0 amide bonds. The van der Waals surface area contributed by atoms with Crippen molar-refractivity contribution >= 4 is 0 Å². The Hall–Kier alpha value is 0. The van der Waals surface area contributed by atoms with Crippen molar-refractivity contribution in [1.82, 2.24) is 0 Å². The third-order valence-electron chi connectivity index (χ3n) is 5.06. The van der Waals surface area contributed by atoms with Crippen LogP contribution in [-0.4, -0.2) is 0 Å². The molecule has 0 heterocycles. The average Bonchev–Trinajstić information content (AvgIpc) is 2.49. The van der Waals surface area contributed by atoms with Crippen molar-refractivity contribution in [2.45, 2.75) is 45.4 Å². The fourth-order valence-corrected chi connectivity index (χ4v) is 4.23. The van der Waals surface area contributed by atoms with Gasteiger partial charge in [-0.2, -0.15) is 0 Å². The van der Waals surface area contributed by atoms with E-state index in [4.69, 9.17) is 0 Å². The molecule has 3 fully saturated rings. The largest absolute Gasteiger partial charge is 0.0591 e. The molecule has 0 aliphatic heterocycles. The summed E-state index contributed by atoms with van der Waals surface area (Å²) in [4.78, 5) is 0. The molecular weight excluding hydrogens is 132 g/mol. The maximum absolute atomic E-state index is 2.57. The van der Waals surface area contributed by atoms with Gasteiger partial charge in [0.15, 0.2) is 0 Å². The zero-order valence-electron chi connectivity index (χ0n) is 7.47. The third kappa shape index (κ3) is 0.625.